The fourth-order valence-electron chi connectivity index (χ4n) is 1.11. The Morgan fingerprint density at radius 2 is 1.71 bits per heavy atom. The molecule has 0 saturated heterocycles. The third kappa shape index (κ3) is 7.41. The number of esters is 1. The van der Waals surface area contributed by atoms with E-state index in [0.29, 0.717) is 11.8 Å². The summed E-state index contributed by atoms with van der Waals surface area (Å²) in [5, 5.41) is 0. The van der Waals surface area contributed by atoms with Crippen molar-refractivity contribution in [2.45, 2.75) is 52.7 Å². The molecule has 96 valence electrons. The van der Waals surface area contributed by atoms with Crippen LogP contribution >= 0.6 is 0 Å². The minimum Gasteiger partial charge on any atom is -0.458 e. The summed E-state index contributed by atoms with van der Waals surface area (Å²) in [4.78, 5) is 32.2. The number of ether oxygens (including phenoxy) is 1. The summed E-state index contributed by atoms with van der Waals surface area (Å²) in [6.45, 7) is 7.66. The van der Waals surface area contributed by atoms with Gasteiger partial charge < -0.3 is 4.74 Å². The standard InChI is InChI=1S/C11H19NO2.CO2/c1-7(2)10(12-9-5-6-9)11(13)14-8(3)4;2-1-3/h7-9H,5-6H2,1-4H3;. The van der Waals surface area contributed by atoms with Gasteiger partial charge in [-0.25, -0.2) is 4.79 Å². The van der Waals surface area contributed by atoms with Crippen molar-refractivity contribution in [1.82, 2.24) is 0 Å². The van der Waals surface area contributed by atoms with Gasteiger partial charge in [0.05, 0.1) is 12.1 Å². The average molecular weight is 241 g/mol. The van der Waals surface area contributed by atoms with Crippen LogP contribution in [0.15, 0.2) is 4.99 Å². The fourth-order valence-corrected chi connectivity index (χ4v) is 1.11. The van der Waals surface area contributed by atoms with Gasteiger partial charge in [-0.2, -0.15) is 9.59 Å². The monoisotopic (exact) mass is 241 g/mol. The van der Waals surface area contributed by atoms with Gasteiger partial charge in [0.1, 0.15) is 5.71 Å². The third-order valence-corrected chi connectivity index (χ3v) is 1.97. The summed E-state index contributed by atoms with van der Waals surface area (Å²) in [6.07, 6.45) is 2.42. The largest absolute Gasteiger partial charge is 0.458 e. The van der Waals surface area contributed by atoms with Gasteiger partial charge >= 0.3 is 12.1 Å². The summed E-state index contributed by atoms with van der Waals surface area (Å²) in [5.74, 6) is -0.0938. The Balaban J connectivity index is 0.000000770. The highest BCUT2D eigenvalue weighted by Gasteiger charge is 2.25. The van der Waals surface area contributed by atoms with Crippen LogP contribution in [0.25, 0.3) is 0 Å². The molecule has 0 atom stereocenters. The van der Waals surface area contributed by atoms with Crippen LogP contribution in [-0.2, 0) is 19.1 Å². The smallest absolute Gasteiger partial charge is 0.373 e. The molecular formula is C12H19NO4. The summed E-state index contributed by atoms with van der Waals surface area (Å²) in [6, 6.07) is 0.382. The number of hydrogen-bond acceptors (Lipinski definition) is 5. The molecular weight excluding hydrogens is 222 g/mol. The van der Waals surface area contributed by atoms with Crippen molar-refractivity contribution >= 4 is 17.8 Å². The highest BCUT2D eigenvalue weighted by molar-refractivity contribution is 6.37. The van der Waals surface area contributed by atoms with Crippen LogP contribution in [0.5, 0.6) is 0 Å². The van der Waals surface area contributed by atoms with Crippen molar-refractivity contribution in [3.05, 3.63) is 0 Å². The number of carbonyl (C=O) groups is 1. The van der Waals surface area contributed by atoms with Gasteiger partial charge in [-0.3, -0.25) is 4.99 Å². The molecule has 1 aliphatic rings. The maximum absolute atomic E-state index is 11.6. The number of nitrogens with zero attached hydrogens (tertiary/aromatic N) is 1. The SMILES string of the molecule is CC(C)OC(=O)C(=NC1CC1)C(C)C.O=C=O. The van der Waals surface area contributed by atoms with E-state index in [1.807, 2.05) is 27.7 Å². The van der Waals surface area contributed by atoms with Crippen LogP contribution < -0.4 is 0 Å². The zero-order valence-corrected chi connectivity index (χ0v) is 10.7. The lowest BCUT2D eigenvalue weighted by molar-refractivity contribution is -0.191. The molecule has 0 aromatic heterocycles. The number of rotatable bonds is 4. The first kappa shape index (κ1) is 15.5. The molecule has 17 heavy (non-hydrogen) atoms. The molecule has 0 heterocycles. The first-order valence-electron chi connectivity index (χ1n) is 5.70. The zero-order chi connectivity index (χ0) is 13.4. The molecule has 0 radical (unpaired) electrons. The van der Waals surface area contributed by atoms with Crippen molar-refractivity contribution < 1.29 is 19.1 Å². The van der Waals surface area contributed by atoms with Crippen LogP contribution in [0.4, 0.5) is 0 Å². The molecule has 0 spiro atoms. The molecule has 5 heteroatoms. The van der Waals surface area contributed by atoms with Crippen LogP contribution in [-0.4, -0.2) is 30.0 Å². The summed E-state index contributed by atoms with van der Waals surface area (Å²) in [7, 11) is 0. The minimum absolute atomic E-state index is 0.0642. The minimum atomic E-state index is -0.248. The Morgan fingerprint density at radius 1 is 1.24 bits per heavy atom. The number of hydrogen-bond donors (Lipinski definition) is 0. The molecule has 0 bridgehead atoms. The first-order valence-corrected chi connectivity index (χ1v) is 5.70. The van der Waals surface area contributed by atoms with E-state index in [1.165, 1.54) is 0 Å². The van der Waals surface area contributed by atoms with Gasteiger partial charge in [0, 0.05) is 5.92 Å². The molecule has 1 saturated carbocycles. The Morgan fingerprint density at radius 3 is 2.00 bits per heavy atom. The predicted molar refractivity (Wildman–Crippen MR) is 61.5 cm³/mol. The van der Waals surface area contributed by atoms with Crippen LogP contribution in [0.2, 0.25) is 0 Å². The van der Waals surface area contributed by atoms with E-state index in [1.54, 1.807) is 0 Å². The molecule has 0 aliphatic heterocycles. The second kappa shape index (κ2) is 7.74. The lowest BCUT2D eigenvalue weighted by atomic mass is 10.1. The topological polar surface area (TPSA) is 72.8 Å². The van der Waals surface area contributed by atoms with Gasteiger partial charge in [0.15, 0.2) is 0 Å². The summed E-state index contributed by atoms with van der Waals surface area (Å²) >= 11 is 0. The molecule has 0 aromatic carbocycles. The maximum Gasteiger partial charge on any atom is 0.373 e. The quantitative estimate of drug-likeness (QED) is 0.553. The predicted octanol–water partition coefficient (Wildman–Crippen LogP) is 1.61. The molecule has 1 rings (SSSR count). The summed E-state index contributed by atoms with van der Waals surface area (Å²) in [5.41, 5.74) is 0.598. The van der Waals surface area contributed by atoms with Crippen molar-refractivity contribution in [2.24, 2.45) is 10.9 Å². The highest BCUT2D eigenvalue weighted by Crippen LogP contribution is 2.24. The molecule has 0 amide bonds. The van der Waals surface area contributed by atoms with Gasteiger partial charge in [-0.15, -0.1) is 0 Å². The normalized spacial score (nSPS) is 15.1. The Hall–Kier alpha value is -1.48. The van der Waals surface area contributed by atoms with E-state index >= 15 is 0 Å². The average Bonchev–Trinajstić information content (AvgIpc) is 2.96. The van der Waals surface area contributed by atoms with E-state index in [4.69, 9.17) is 14.3 Å². The van der Waals surface area contributed by atoms with E-state index in [-0.39, 0.29) is 24.1 Å². The van der Waals surface area contributed by atoms with Crippen molar-refractivity contribution in [2.75, 3.05) is 0 Å². The third-order valence-electron chi connectivity index (χ3n) is 1.97. The van der Waals surface area contributed by atoms with Crippen molar-refractivity contribution in [3.8, 4) is 0 Å². The Kier molecular flexibility index (Phi) is 7.06. The molecule has 0 unspecified atom stereocenters. The molecule has 1 aliphatic carbocycles. The fraction of sp³-hybridized carbons (Fsp3) is 0.750. The lowest BCUT2D eigenvalue weighted by Gasteiger charge is -2.12. The van der Waals surface area contributed by atoms with Crippen LogP contribution in [0, 0.1) is 5.92 Å². The number of aliphatic imine (C=N–C) groups is 1. The van der Waals surface area contributed by atoms with Crippen molar-refractivity contribution in [3.63, 3.8) is 0 Å². The highest BCUT2D eigenvalue weighted by atomic mass is 16.5. The first-order chi connectivity index (χ1) is 7.92. The maximum atomic E-state index is 11.6. The lowest BCUT2D eigenvalue weighted by Crippen LogP contribution is -2.26. The Labute approximate surface area is 101 Å². The second-order valence-corrected chi connectivity index (χ2v) is 4.44. The molecule has 0 N–H and O–H groups in total. The Bertz CT molecular complexity index is 310. The molecule has 1 fully saturated rings. The van der Waals surface area contributed by atoms with Gasteiger partial charge in [-0.05, 0) is 26.7 Å². The van der Waals surface area contributed by atoms with Crippen LogP contribution in [0.3, 0.4) is 0 Å². The van der Waals surface area contributed by atoms with E-state index in [0.717, 1.165) is 12.8 Å². The zero-order valence-electron chi connectivity index (χ0n) is 10.7. The van der Waals surface area contributed by atoms with Gasteiger partial charge in [0.2, 0.25) is 0 Å². The van der Waals surface area contributed by atoms with Crippen LogP contribution in [0.1, 0.15) is 40.5 Å². The van der Waals surface area contributed by atoms with Gasteiger partial charge in [-0.1, -0.05) is 13.8 Å². The second-order valence-electron chi connectivity index (χ2n) is 4.44. The number of carbonyl (C=O) groups excluding carboxylic acids is 3. The van der Waals surface area contributed by atoms with E-state index < -0.39 is 0 Å². The van der Waals surface area contributed by atoms with Crippen molar-refractivity contribution in [1.29, 1.82) is 0 Å². The van der Waals surface area contributed by atoms with E-state index in [9.17, 15) is 4.79 Å². The van der Waals surface area contributed by atoms with Gasteiger partial charge in [0.25, 0.3) is 0 Å². The van der Waals surface area contributed by atoms with E-state index in [2.05, 4.69) is 4.99 Å². The molecule has 0 aromatic rings. The molecule has 5 nitrogen and oxygen atoms in total. The summed E-state index contributed by atoms with van der Waals surface area (Å²) < 4.78 is 5.13.